The standard InChI is InChI=1S/C13H10ClNO2S/c1-9(12-7-4-8-18-12)15-17-13(16)10-5-2-3-6-11(10)14/h2-8H,1H3/b15-9-. The van der Waals surface area contributed by atoms with Crippen molar-refractivity contribution >= 4 is 34.6 Å². The van der Waals surface area contributed by atoms with E-state index in [2.05, 4.69) is 5.16 Å². The smallest absolute Gasteiger partial charge is 0.312 e. The van der Waals surface area contributed by atoms with E-state index in [1.807, 2.05) is 17.5 Å². The minimum atomic E-state index is -0.559. The summed E-state index contributed by atoms with van der Waals surface area (Å²) in [6.07, 6.45) is 0. The van der Waals surface area contributed by atoms with Crippen LogP contribution >= 0.6 is 22.9 Å². The third-order valence-electron chi connectivity index (χ3n) is 2.24. The number of rotatable bonds is 3. The van der Waals surface area contributed by atoms with E-state index in [0.29, 0.717) is 16.3 Å². The summed E-state index contributed by atoms with van der Waals surface area (Å²) in [6.45, 7) is 1.78. The molecule has 0 aliphatic rings. The summed E-state index contributed by atoms with van der Waals surface area (Å²) in [4.78, 5) is 17.6. The lowest BCUT2D eigenvalue weighted by Gasteiger charge is -2.01. The molecule has 0 bridgehead atoms. The zero-order chi connectivity index (χ0) is 13.0. The van der Waals surface area contributed by atoms with Gasteiger partial charge in [-0.05, 0) is 30.5 Å². The van der Waals surface area contributed by atoms with Gasteiger partial charge in [0, 0.05) is 0 Å². The quantitative estimate of drug-likeness (QED) is 0.484. The van der Waals surface area contributed by atoms with E-state index in [1.54, 1.807) is 31.2 Å². The maximum absolute atomic E-state index is 11.7. The lowest BCUT2D eigenvalue weighted by Crippen LogP contribution is -2.03. The summed E-state index contributed by atoms with van der Waals surface area (Å²) in [5.41, 5.74) is 0.965. The summed E-state index contributed by atoms with van der Waals surface area (Å²) >= 11 is 7.42. The first-order valence-corrected chi connectivity index (χ1v) is 6.48. The fourth-order valence-electron chi connectivity index (χ4n) is 1.32. The van der Waals surface area contributed by atoms with Crippen LogP contribution < -0.4 is 0 Å². The number of thiophene rings is 1. The minimum absolute atomic E-state index is 0.307. The lowest BCUT2D eigenvalue weighted by molar-refractivity contribution is 0.0516. The van der Waals surface area contributed by atoms with Crippen molar-refractivity contribution in [3.63, 3.8) is 0 Å². The summed E-state index contributed by atoms with van der Waals surface area (Å²) in [6, 6.07) is 10.5. The Bertz CT molecular complexity index is 578. The Balaban J connectivity index is 2.09. The van der Waals surface area contributed by atoms with Gasteiger partial charge in [-0.1, -0.05) is 35.0 Å². The number of carbonyl (C=O) groups is 1. The molecule has 1 aromatic carbocycles. The molecule has 0 radical (unpaired) electrons. The van der Waals surface area contributed by atoms with Crippen LogP contribution in [-0.2, 0) is 4.84 Å². The molecule has 0 fully saturated rings. The van der Waals surface area contributed by atoms with Crippen molar-refractivity contribution in [2.45, 2.75) is 6.92 Å². The molecule has 0 N–H and O–H groups in total. The van der Waals surface area contributed by atoms with Crippen LogP contribution in [0.25, 0.3) is 0 Å². The molecule has 0 atom stereocenters. The summed E-state index contributed by atoms with van der Waals surface area (Å²) in [5.74, 6) is -0.559. The third kappa shape index (κ3) is 2.97. The molecule has 0 aliphatic carbocycles. The number of oxime groups is 1. The van der Waals surface area contributed by atoms with Gasteiger partial charge in [0.15, 0.2) is 0 Å². The molecule has 1 heterocycles. The Kier molecular flexibility index (Phi) is 4.12. The average molecular weight is 280 g/mol. The maximum Gasteiger partial charge on any atom is 0.367 e. The number of hydrogen-bond donors (Lipinski definition) is 0. The van der Waals surface area contributed by atoms with Crippen LogP contribution in [0.15, 0.2) is 46.9 Å². The normalized spacial score (nSPS) is 11.3. The van der Waals surface area contributed by atoms with Crippen LogP contribution in [0.5, 0.6) is 0 Å². The van der Waals surface area contributed by atoms with E-state index in [-0.39, 0.29) is 0 Å². The summed E-state index contributed by atoms with van der Waals surface area (Å²) in [5, 5.41) is 6.09. The molecule has 0 unspecified atom stereocenters. The first-order valence-electron chi connectivity index (χ1n) is 5.23. The molecule has 0 amide bonds. The van der Waals surface area contributed by atoms with Gasteiger partial charge in [0.05, 0.1) is 21.2 Å². The number of halogens is 1. The summed E-state index contributed by atoms with van der Waals surface area (Å²) in [7, 11) is 0. The Hall–Kier alpha value is -1.65. The van der Waals surface area contributed by atoms with Crippen molar-refractivity contribution in [2.24, 2.45) is 5.16 Å². The van der Waals surface area contributed by atoms with Crippen LogP contribution in [0.3, 0.4) is 0 Å². The molecule has 0 saturated carbocycles. The van der Waals surface area contributed by atoms with Crippen molar-refractivity contribution < 1.29 is 9.63 Å². The van der Waals surface area contributed by atoms with Crippen molar-refractivity contribution in [3.8, 4) is 0 Å². The van der Waals surface area contributed by atoms with Gasteiger partial charge in [-0.15, -0.1) is 11.3 Å². The number of benzene rings is 1. The van der Waals surface area contributed by atoms with E-state index in [4.69, 9.17) is 16.4 Å². The number of carbonyl (C=O) groups excluding carboxylic acids is 1. The molecular formula is C13H10ClNO2S. The van der Waals surface area contributed by atoms with Crippen molar-refractivity contribution in [1.29, 1.82) is 0 Å². The Morgan fingerprint density at radius 1 is 1.28 bits per heavy atom. The van der Waals surface area contributed by atoms with Gasteiger partial charge >= 0.3 is 5.97 Å². The first-order chi connectivity index (χ1) is 8.68. The van der Waals surface area contributed by atoms with Gasteiger partial charge in [0.25, 0.3) is 0 Å². The van der Waals surface area contributed by atoms with E-state index in [9.17, 15) is 4.79 Å². The Morgan fingerprint density at radius 3 is 2.72 bits per heavy atom. The highest BCUT2D eigenvalue weighted by Crippen LogP contribution is 2.16. The predicted molar refractivity (Wildman–Crippen MR) is 73.4 cm³/mol. The minimum Gasteiger partial charge on any atom is -0.312 e. The monoisotopic (exact) mass is 279 g/mol. The lowest BCUT2D eigenvalue weighted by atomic mass is 10.2. The van der Waals surface area contributed by atoms with Gasteiger partial charge in [0.2, 0.25) is 0 Å². The van der Waals surface area contributed by atoms with Crippen LogP contribution in [0, 0.1) is 0 Å². The Morgan fingerprint density at radius 2 is 2.06 bits per heavy atom. The van der Waals surface area contributed by atoms with Crippen LogP contribution in [-0.4, -0.2) is 11.7 Å². The fourth-order valence-corrected chi connectivity index (χ4v) is 2.20. The first kappa shape index (κ1) is 12.8. The second-order valence-electron chi connectivity index (χ2n) is 3.51. The van der Waals surface area contributed by atoms with Gasteiger partial charge in [0.1, 0.15) is 0 Å². The fraction of sp³-hybridized carbons (Fsp3) is 0.0769. The third-order valence-corrected chi connectivity index (χ3v) is 3.55. The van der Waals surface area contributed by atoms with Gasteiger partial charge in [-0.2, -0.15) is 0 Å². The largest absolute Gasteiger partial charge is 0.367 e. The maximum atomic E-state index is 11.7. The molecule has 0 aliphatic heterocycles. The zero-order valence-corrected chi connectivity index (χ0v) is 11.2. The zero-order valence-electron chi connectivity index (χ0n) is 9.59. The molecule has 1 aromatic heterocycles. The van der Waals surface area contributed by atoms with Gasteiger partial charge in [-0.3, -0.25) is 0 Å². The van der Waals surface area contributed by atoms with Gasteiger partial charge < -0.3 is 4.84 Å². The van der Waals surface area contributed by atoms with Gasteiger partial charge in [-0.25, -0.2) is 4.79 Å². The molecular weight excluding hydrogens is 270 g/mol. The van der Waals surface area contributed by atoms with Crippen LogP contribution in [0.4, 0.5) is 0 Å². The summed E-state index contributed by atoms with van der Waals surface area (Å²) < 4.78 is 0. The molecule has 2 aromatic rings. The highest BCUT2D eigenvalue weighted by molar-refractivity contribution is 7.12. The van der Waals surface area contributed by atoms with E-state index >= 15 is 0 Å². The highest BCUT2D eigenvalue weighted by atomic mass is 35.5. The SMILES string of the molecule is C/C(=N/OC(=O)c1ccccc1Cl)c1cccs1. The molecule has 5 heteroatoms. The molecule has 0 spiro atoms. The number of hydrogen-bond acceptors (Lipinski definition) is 4. The average Bonchev–Trinajstić information content (AvgIpc) is 2.90. The highest BCUT2D eigenvalue weighted by Gasteiger charge is 2.11. The van der Waals surface area contributed by atoms with E-state index < -0.39 is 5.97 Å². The molecule has 92 valence electrons. The van der Waals surface area contributed by atoms with Crippen molar-refractivity contribution in [3.05, 3.63) is 57.2 Å². The number of nitrogens with zero attached hydrogens (tertiary/aromatic N) is 1. The molecule has 0 saturated heterocycles. The second-order valence-corrected chi connectivity index (χ2v) is 4.87. The molecule has 3 nitrogen and oxygen atoms in total. The molecule has 18 heavy (non-hydrogen) atoms. The van der Waals surface area contributed by atoms with Crippen LogP contribution in [0.1, 0.15) is 22.2 Å². The second kappa shape index (κ2) is 5.80. The van der Waals surface area contributed by atoms with Crippen molar-refractivity contribution in [2.75, 3.05) is 0 Å². The van der Waals surface area contributed by atoms with Crippen molar-refractivity contribution in [1.82, 2.24) is 0 Å². The topological polar surface area (TPSA) is 38.7 Å². The van der Waals surface area contributed by atoms with Crippen LogP contribution in [0.2, 0.25) is 5.02 Å². The predicted octanol–water partition coefficient (Wildman–Crippen LogP) is 3.98. The molecule has 2 rings (SSSR count). The van der Waals surface area contributed by atoms with E-state index in [1.165, 1.54) is 11.3 Å². The Labute approximate surface area is 114 Å². The van der Waals surface area contributed by atoms with E-state index in [0.717, 1.165) is 4.88 Å².